The summed E-state index contributed by atoms with van der Waals surface area (Å²) in [5.41, 5.74) is 9.55. The number of rotatable bonds is 7. The van der Waals surface area contributed by atoms with E-state index in [2.05, 4.69) is 60.2 Å². The summed E-state index contributed by atoms with van der Waals surface area (Å²) in [5.74, 6) is 1.62. The van der Waals surface area contributed by atoms with E-state index in [1.165, 1.54) is 11.1 Å². The number of nitrogen functional groups attached to an aromatic ring is 1. The van der Waals surface area contributed by atoms with Crippen LogP contribution in [-0.2, 0) is 12.0 Å². The van der Waals surface area contributed by atoms with E-state index in [4.69, 9.17) is 14.9 Å². The van der Waals surface area contributed by atoms with Gasteiger partial charge >= 0.3 is 6.01 Å². The summed E-state index contributed by atoms with van der Waals surface area (Å²) < 4.78 is 11.2. The van der Waals surface area contributed by atoms with Gasteiger partial charge in [-0.1, -0.05) is 56.2 Å². The van der Waals surface area contributed by atoms with Crippen LogP contribution in [0.2, 0.25) is 0 Å². The Kier molecular flexibility index (Phi) is 5.71. The average molecular weight is 415 g/mol. The number of pyridine rings is 1. The number of anilines is 1. The van der Waals surface area contributed by atoms with Crippen LogP contribution < -0.4 is 10.5 Å². The molecule has 2 aromatic carbocycles. The second kappa shape index (κ2) is 8.60. The molecule has 0 bridgehead atoms. The number of hydrogen-bond acceptors (Lipinski definition) is 6. The standard InChI is InChI=1S/C25H26N4O2/c1-17(2)25(3,19-9-7-18(8-10-19)23-28-29-24(26)31-23)20-11-13-22(14-12-20)30-16-21-6-4-5-15-27-21/h4-15,17H,16H2,1-3H3,(H2,26,29). The zero-order chi connectivity index (χ0) is 21.8. The Morgan fingerprint density at radius 2 is 1.61 bits per heavy atom. The van der Waals surface area contributed by atoms with E-state index in [1.54, 1.807) is 6.20 Å². The van der Waals surface area contributed by atoms with Gasteiger partial charge in [0, 0.05) is 17.2 Å². The Bertz CT molecular complexity index is 1120. The van der Waals surface area contributed by atoms with Crippen LogP contribution >= 0.6 is 0 Å². The first-order chi connectivity index (χ1) is 15.0. The molecule has 4 rings (SSSR count). The highest BCUT2D eigenvalue weighted by atomic mass is 16.5. The largest absolute Gasteiger partial charge is 0.487 e. The van der Waals surface area contributed by atoms with Gasteiger partial charge in [0.1, 0.15) is 12.4 Å². The minimum Gasteiger partial charge on any atom is -0.487 e. The first-order valence-corrected chi connectivity index (χ1v) is 10.3. The second-order valence-electron chi connectivity index (χ2n) is 8.01. The van der Waals surface area contributed by atoms with Crippen molar-refractivity contribution in [2.24, 2.45) is 5.92 Å². The lowest BCUT2D eigenvalue weighted by molar-refractivity contribution is 0.301. The average Bonchev–Trinajstić information content (AvgIpc) is 3.24. The van der Waals surface area contributed by atoms with Gasteiger partial charge in [0.25, 0.3) is 0 Å². The molecule has 0 saturated carbocycles. The Morgan fingerprint density at radius 1 is 0.935 bits per heavy atom. The molecule has 1 unspecified atom stereocenters. The van der Waals surface area contributed by atoms with Crippen LogP contribution in [0.15, 0.2) is 77.3 Å². The van der Waals surface area contributed by atoms with Crippen molar-refractivity contribution in [1.29, 1.82) is 0 Å². The number of hydrogen-bond donors (Lipinski definition) is 1. The Balaban J connectivity index is 1.55. The summed E-state index contributed by atoms with van der Waals surface area (Å²) in [6.07, 6.45) is 1.77. The van der Waals surface area contributed by atoms with Crippen molar-refractivity contribution in [3.63, 3.8) is 0 Å². The maximum absolute atomic E-state index is 5.90. The summed E-state index contributed by atoms with van der Waals surface area (Å²) in [6, 6.07) is 22.4. The van der Waals surface area contributed by atoms with Crippen molar-refractivity contribution in [2.75, 3.05) is 5.73 Å². The maximum atomic E-state index is 5.90. The number of nitrogens with two attached hydrogens (primary N) is 1. The molecule has 0 saturated heterocycles. The first kappa shape index (κ1) is 20.6. The van der Waals surface area contributed by atoms with E-state index in [1.807, 2.05) is 42.5 Å². The highest BCUT2D eigenvalue weighted by Gasteiger charge is 2.32. The van der Waals surface area contributed by atoms with Gasteiger partial charge in [-0.2, -0.15) is 0 Å². The summed E-state index contributed by atoms with van der Waals surface area (Å²) >= 11 is 0. The van der Waals surface area contributed by atoms with Crippen LogP contribution in [0.3, 0.4) is 0 Å². The molecule has 0 radical (unpaired) electrons. The lowest BCUT2D eigenvalue weighted by Gasteiger charge is -2.35. The lowest BCUT2D eigenvalue weighted by atomic mass is 9.68. The molecule has 0 amide bonds. The zero-order valence-electron chi connectivity index (χ0n) is 17.9. The van der Waals surface area contributed by atoms with Crippen LogP contribution in [0, 0.1) is 5.92 Å². The smallest absolute Gasteiger partial charge is 0.313 e. The van der Waals surface area contributed by atoms with Crippen molar-refractivity contribution in [3.8, 4) is 17.2 Å². The normalized spacial score (nSPS) is 13.2. The van der Waals surface area contributed by atoms with Gasteiger partial charge < -0.3 is 14.9 Å². The quantitative estimate of drug-likeness (QED) is 0.444. The third-order valence-electron chi connectivity index (χ3n) is 5.89. The molecule has 0 aliphatic rings. The first-order valence-electron chi connectivity index (χ1n) is 10.3. The summed E-state index contributed by atoms with van der Waals surface area (Å²) in [5, 5.41) is 7.69. The SMILES string of the molecule is CC(C)C(C)(c1ccc(OCc2ccccn2)cc1)c1ccc(-c2nnc(N)o2)cc1. The predicted octanol–water partition coefficient (Wildman–Crippen LogP) is 5.25. The van der Waals surface area contributed by atoms with Crippen LogP contribution in [0.1, 0.15) is 37.6 Å². The molecule has 2 aromatic heterocycles. The van der Waals surface area contributed by atoms with Gasteiger partial charge in [0.15, 0.2) is 0 Å². The molecule has 4 aromatic rings. The molecule has 0 aliphatic carbocycles. The monoisotopic (exact) mass is 414 g/mol. The molecule has 0 fully saturated rings. The van der Waals surface area contributed by atoms with Crippen LogP contribution in [0.5, 0.6) is 5.75 Å². The third-order valence-corrected chi connectivity index (χ3v) is 5.89. The van der Waals surface area contributed by atoms with E-state index in [9.17, 15) is 0 Å². The molecule has 6 nitrogen and oxygen atoms in total. The molecular formula is C25H26N4O2. The van der Waals surface area contributed by atoms with E-state index in [0.717, 1.165) is 17.0 Å². The minimum absolute atomic E-state index is 0.0662. The molecule has 158 valence electrons. The number of benzene rings is 2. The predicted molar refractivity (Wildman–Crippen MR) is 120 cm³/mol. The molecule has 1 atom stereocenters. The fraction of sp³-hybridized carbons (Fsp3) is 0.240. The van der Waals surface area contributed by atoms with Gasteiger partial charge in [-0.15, -0.1) is 5.10 Å². The van der Waals surface area contributed by atoms with E-state index in [0.29, 0.717) is 18.4 Å². The molecular weight excluding hydrogens is 388 g/mol. The number of nitrogens with zero attached hydrogens (tertiary/aromatic N) is 3. The van der Waals surface area contributed by atoms with E-state index in [-0.39, 0.29) is 11.4 Å². The van der Waals surface area contributed by atoms with Gasteiger partial charge in [0.05, 0.1) is 5.69 Å². The number of ether oxygens (including phenoxy) is 1. The van der Waals surface area contributed by atoms with Crippen molar-refractivity contribution >= 4 is 6.01 Å². The maximum Gasteiger partial charge on any atom is 0.313 e. The number of aromatic nitrogens is 3. The van der Waals surface area contributed by atoms with Gasteiger partial charge in [-0.05, 0) is 53.4 Å². The topological polar surface area (TPSA) is 87.1 Å². The molecule has 0 aliphatic heterocycles. The summed E-state index contributed by atoms with van der Waals surface area (Å²) in [6.45, 7) is 7.18. The Morgan fingerprint density at radius 3 is 2.16 bits per heavy atom. The summed E-state index contributed by atoms with van der Waals surface area (Å²) in [4.78, 5) is 4.30. The zero-order valence-corrected chi connectivity index (χ0v) is 17.9. The highest BCUT2D eigenvalue weighted by molar-refractivity contribution is 5.55. The van der Waals surface area contributed by atoms with Gasteiger partial charge in [0.2, 0.25) is 5.89 Å². The van der Waals surface area contributed by atoms with Gasteiger partial charge in [-0.3, -0.25) is 4.98 Å². The highest BCUT2D eigenvalue weighted by Crippen LogP contribution is 2.40. The van der Waals surface area contributed by atoms with E-state index < -0.39 is 0 Å². The van der Waals surface area contributed by atoms with Crippen LogP contribution in [-0.4, -0.2) is 15.2 Å². The molecule has 0 spiro atoms. The molecule has 6 heteroatoms. The van der Waals surface area contributed by atoms with Crippen molar-refractivity contribution in [2.45, 2.75) is 32.8 Å². The van der Waals surface area contributed by atoms with E-state index >= 15 is 0 Å². The molecule has 2 N–H and O–H groups in total. The fourth-order valence-corrected chi connectivity index (χ4v) is 3.68. The van der Waals surface area contributed by atoms with Crippen molar-refractivity contribution in [1.82, 2.24) is 15.2 Å². The molecule has 31 heavy (non-hydrogen) atoms. The minimum atomic E-state index is -0.175. The lowest BCUT2D eigenvalue weighted by Crippen LogP contribution is -2.30. The van der Waals surface area contributed by atoms with Gasteiger partial charge in [-0.25, -0.2) is 0 Å². The van der Waals surface area contributed by atoms with Crippen LogP contribution in [0.25, 0.3) is 11.5 Å². The fourth-order valence-electron chi connectivity index (χ4n) is 3.68. The third kappa shape index (κ3) is 4.28. The van der Waals surface area contributed by atoms with Crippen LogP contribution in [0.4, 0.5) is 6.01 Å². The van der Waals surface area contributed by atoms with Crippen molar-refractivity contribution in [3.05, 3.63) is 89.7 Å². The Labute approximate surface area is 182 Å². The summed E-state index contributed by atoms with van der Waals surface area (Å²) in [7, 11) is 0. The van der Waals surface area contributed by atoms with Crippen molar-refractivity contribution < 1.29 is 9.15 Å². The molecule has 2 heterocycles. The Hall–Kier alpha value is -3.67. The second-order valence-corrected chi connectivity index (χ2v) is 8.01.